The molecule has 1 heterocycles. The van der Waals surface area contributed by atoms with Crippen LogP contribution in [0.1, 0.15) is 10.4 Å². The molecule has 2 aromatic rings. The molecule has 0 saturated heterocycles. The molecule has 1 aromatic carbocycles. The number of aromatic nitrogens is 2. The number of nitrogens with zero attached hydrogens (tertiary/aromatic N) is 1. The summed E-state index contributed by atoms with van der Waals surface area (Å²) in [5.41, 5.74) is 0.612. The Labute approximate surface area is 86.5 Å². The van der Waals surface area contributed by atoms with Crippen molar-refractivity contribution in [2.75, 3.05) is 0 Å². The van der Waals surface area contributed by atoms with Crippen molar-refractivity contribution in [3.05, 3.63) is 22.4 Å². The number of fused-ring (bicyclic) bond motifs is 1. The average Bonchev–Trinajstić information content (AvgIpc) is 2.52. The van der Waals surface area contributed by atoms with Crippen molar-refractivity contribution in [1.82, 2.24) is 9.97 Å². The Bertz CT molecular complexity index is 521. The van der Waals surface area contributed by atoms with Gasteiger partial charge in [0, 0.05) is 0 Å². The van der Waals surface area contributed by atoms with Crippen LogP contribution in [0.4, 0.5) is 0 Å². The molecular weight excluding hydrogens is 252 g/mol. The molecule has 0 fully saturated rings. The molecule has 5 nitrogen and oxygen atoms in total. The number of aromatic hydroxyl groups is 1. The lowest BCUT2D eigenvalue weighted by atomic mass is 10.1. The Hall–Kier alpha value is -1.56. The molecule has 0 aliphatic heterocycles. The molecule has 0 spiro atoms. The number of carboxylic acid groups (broad SMARTS) is 1. The van der Waals surface area contributed by atoms with Crippen molar-refractivity contribution >= 4 is 32.9 Å². The number of hydrogen-bond acceptors (Lipinski definition) is 3. The maximum Gasteiger partial charge on any atom is 0.341 e. The molecule has 3 N–H and O–H groups in total. The van der Waals surface area contributed by atoms with E-state index in [4.69, 9.17) is 5.11 Å². The number of phenols is 1. The van der Waals surface area contributed by atoms with Crippen LogP contribution in [-0.2, 0) is 0 Å². The van der Waals surface area contributed by atoms with Gasteiger partial charge in [0.2, 0.25) is 0 Å². The summed E-state index contributed by atoms with van der Waals surface area (Å²) in [7, 11) is 0. The maximum absolute atomic E-state index is 10.9. The quantitative estimate of drug-likeness (QED) is 0.726. The molecule has 0 bridgehead atoms. The lowest BCUT2D eigenvalue weighted by Crippen LogP contribution is -1.98. The number of nitrogens with one attached hydrogen (secondary N) is 1. The molecule has 0 amide bonds. The van der Waals surface area contributed by atoms with Crippen molar-refractivity contribution in [1.29, 1.82) is 0 Å². The third kappa shape index (κ3) is 1.15. The fraction of sp³-hybridized carbons (Fsp3) is 0. The molecule has 2 rings (SSSR count). The fourth-order valence-electron chi connectivity index (χ4n) is 1.24. The second-order valence-electron chi connectivity index (χ2n) is 2.69. The van der Waals surface area contributed by atoms with Crippen LogP contribution in [0.5, 0.6) is 5.75 Å². The molecule has 1 aromatic heterocycles. The SMILES string of the molecule is O=C(O)c1c(O)c(Br)cc2[nH]cnc12. The van der Waals surface area contributed by atoms with Crippen LogP contribution in [0.3, 0.4) is 0 Å². The number of aromatic amines is 1. The van der Waals surface area contributed by atoms with Crippen molar-refractivity contribution < 1.29 is 15.0 Å². The first-order valence-corrected chi connectivity index (χ1v) is 4.48. The number of hydrogen-bond donors (Lipinski definition) is 3. The van der Waals surface area contributed by atoms with Crippen molar-refractivity contribution in [2.24, 2.45) is 0 Å². The van der Waals surface area contributed by atoms with Gasteiger partial charge >= 0.3 is 5.97 Å². The van der Waals surface area contributed by atoms with Crippen molar-refractivity contribution in [3.63, 3.8) is 0 Å². The van der Waals surface area contributed by atoms with Gasteiger partial charge < -0.3 is 15.2 Å². The summed E-state index contributed by atoms with van der Waals surface area (Å²) in [5, 5.41) is 18.4. The van der Waals surface area contributed by atoms with E-state index in [9.17, 15) is 9.90 Å². The highest BCUT2D eigenvalue weighted by Crippen LogP contribution is 2.33. The summed E-state index contributed by atoms with van der Waals surface area (Å²) in [6.07, 6.45) is 1.38. The lowest BCUT2D eigenvalue weighted by molar-refractivity contribution is 0.0695. The molecule has 0 aliphatic rings. The highest BCUT2D eigenvalue weighted by molar-refractivity contribution is 9.10. The zero-order valence-electron chi connectivity index (χ0n) is 6.78. The average molecular weight is 257 g/mol. The predicted molar refractivity (Wildman–Crippen MR) is 52.4 cm³/mol. The Kier molecular flexibility index (Phi) is 1.92. The molecule has 0 unspecified atom stereocenters. The number of halogens is 1. The van der Waals surface area contributed by atoms with Crippen LogP contribution in [0.25, 0.3) is 11.0 Å². The first kappa shape index (κ1) is 9.01. The van der Waals surface area contributed by atoms with Gasteiger partial charge in [0.05, 0.1) is 16.3 Å². The summed E-state index contributed by atoms with van der Waals surface area (Å²) >= 11 is 3.06. The second-order valence-corrected chi connectivity index (χ2v) is 3.54. The molecular formula is C8H5BrN2O3. The van der Waals surface area contributed by atoms with E-state index >= 15 is 0 Å². The summed E-state index contributed by atoms with van der Waals surface area (Å²) < 4.78 is 0.326. The van der Waals surface area contributed by atoms with Crippen molar-refractivity contribution in [2.45, 2.75) is 0 Å². The molecule has 0 aliphatic carbocycles. The van der Waals surface area contributed by atoms with Gasteiger partial charge in [0.25, 0.3) is 0 Å². The summed E-state index contributed by atoms with van der Waals surface area (Å²) in [6, 6.07) is 1.57. The summed E-state index contributed by atoms with van der Waals surface area (Å²) in [4.78, 5) is 17.4. The number of H-pyrrole nitrogens is 1. The number of benzene rings is 1. The lowest BCUT2D eigenvalue weighted by Gasteiger charge is -2.02. The molecule has 0 radical (unpaired) electrons. The van der Waals surface area contributed by atoms with E-state index in [0.717, 1.165) is 0 Å². The molecule has 72 valence electrons. The smallest absolute Gasteiger partial charge is 0.341 e. The monoisotopic (exact) mass is 256 g/mol. The van der Waals surface area contributed by atoms with Gasteiger partial charge in [0.1, 0.15) is 16.8 Å². The number of aromatic carboxylic acids is 1. The largest absolute Gasteiger partial charge is 0.506 e. The standard InChI is InChI=1S/C8H5BrN2O3/c9-3-1-4-6(11-2-10-4)5(7(3)12)8(13)14/h1-2,12H,(H,10,11)(H,13,14). The van der Waals surface area contributed by atoms with Gasteiger partial charge in [-0.1, -0.05) is 0 Å². The topological polar surface area (TPSA) is 86.2 Å². The van der Waals surface area contributed by atoms with E-state index in [1.807, 2.05) is 0 Å². The Morgan fingerprint density at radius 3 is 2.93 bits per heavy atom. The summed E-state index contributed by atoms with van der Waals surface area (Å²) in [6.45, 7) is 0. The van der Waals surface area contributed by atoms with Crippen molar-refractivity contribution in [3.8, 4) is 5.75 Å². The number of carboxylic acids is 1. The molecule has 6 heteroatoms. The number of rotatable bonds is 1. The third-order valence-electron chi connectivity index (χ3n) is 1.85. The number of imidazole rings is 1. The van der Waals surface area contributed by atoms with Gasteiger partial charge in [-0.15, -0.1) is 0 Å². The first-order chi connectivity index (χ1) is 6.61. The highest BCUT2D eigenvalue weighted by atomic mass is 79.9. The van der Waals surface area contributed by atoms with Crippen LogP contribution >= 0.6 is 15.9 Å². The van der Waals surface area contributed by atoms with Crippen LogP contribution in [0, 0.1) is 0 Å². The predicted octanol–water partition coefficient (Wildman–Crippen LogP) is 1.73. The van der Waals surface area contributed by atoms with Gasteiger partial charge in [-0.25, -0.2) is 9.78 Å². The Morgan fingerprint density at radius 2 is 2.29 bits per heavy atom. The highest BCUT2D eigenvalue weighted by Gasteiger charge is 2.18. The zero-order valence-corrected chi connectivity index (χ0v) is 8.37. The van der Waals surface area contributed by atoms with Crippen LogP contribution in [-0.4, -0.2) is 26.2 Å². The van der Waals surface area contributed by atoms with Gasteiger partial charge in [0.15, 0.2) is 0 Å². The molecule has 0 atom stereocenters. The van der Waals surface area contributed by atoms with E-state index in [1.54, 1.807) is 6.07 Å². The van der Waals surface area contributed by atoms with Crippen LogP contribution in [0.2, 0.25) is 0 Å². The zero-order chi connectivity index (χ0) is 10.3. The molecule has 14 heavy (non-hydrogen) atoms. The van der Waals surface area contributed by atoms with E-state index in [2.05, 4.69) is 25.9 Å². The van der Waals surface area contributed by atoms with Crippen LogP contribution in [0.15, 0.2) is 16.9 Å². The van der Waals surface area contributed by atoms with E-state index in [-0.39, 0.29) is 16.8 Å². The van der Waals surface area contributed by atoms with Gasteiger partial charge in [-0.05, 0) is 22.0 Å². The Balaban J connectivity index is 2.93. The van der Waals surface area contributed by atoms with Gasteiger partial charge in [-0.2, -0.15) is 0 Å². The van der Waals surface area contributed by atoms with Gasteiger partial charge in [-0.3, -0.25) is 0 Å². The molecule has 0 saturated carbocycles. The minimum Gasteiger partial charge on any atom is -0.506 e. The van der Waals surface area contributed by atoms with E-state index in [0.29, 0.717) is 9.99 Å². The normalized spacial score (nSPS) is 10.6. The second kappa shape index (κ2) is 2.98. The maximum atomic E-state index is 10.9. The third-order valence-corrected chi connectivity index (χ3v) is 2.46. The van der Waals surface area contributed by atoms with Crippen LogP contribution < -0.4 is 0 Å². The van der Waals surface area contributed by atoms with E-state index in [1.165, 1.54) is 6.33 Å². The number of carbonyl (C=O) groups is 1. The fourth-order valence-corrected chi connectivity index (χ4v) is 1.67. The minimum absolute atomic E-state index is 0.198. The Morgan fingerprint density at radius 1 is 1.57 bits per heavy atom. The van der Waals surface area contributed by atoms with E-state index < -0.39 is 5.97 Å². The minimum atomic E-state index is -1.21. The summed E-state index contributed by atoms with van der Waals surface area (Å²) in [5.74, 6) is -1.52. The first-order valence-electron chi connectivity index (χ1n) is 3.69.